The van der Waals surface area contributed by atoms with Gasteiger partial charge in [-0.3, -0.25) is 0 Å². The molecule has 0 amide bonds. The van der Waals surface area contributed by atoms with Crippen LogP contribution in [0, 0.1) is 11.8 Å². The number of unbranched alkanes of at least 4 members (excludes halogenated alkanes) is 6. The van der Waals surface area contributed by atoms with Gasteiger partial charge in [0.05, 0.1) is 6.10 Å². The molecule has 0 unspecified atom stereocenters. The normalized spacial score (nSPS) is 25.5. The summed E-state index contributed by atoms with van der Waals surface area (Å²) in [5, 5.41) is 0. The third-order valence-electron chi connectivity index (χ3n) is 8.99. The molecule has 0 atom stereocenters. The van der Waals surface area contributed by atoms with Crippen molar-refractivity contribution in [2.45, 2.75) is 154 Å². The van der Waals surface area contributed by atoms with E-state index in [1.807, 2.05) is 0 Å². The van der Waals surface area contributed by atoms with Gasteiger partial charge in [0.1, 0.15) is 0 Å². The molecule has 0 bridgehead atoms. The Morgan fingerprint density at radius 1 is 0.618 bits per heavy atom. The van der Waals surface area contributed by atoms with Crippen molar-refractivity contribution in [2.24, 2.45) is 11.8 Å². The molecule has 0 aromatic heterocycles. The molecule has 1 aromatic rings. The Bertz CT molecular complexity index is 604. The van der Waals surface area contributed by atoms with Crippen LogP contribution in [0.3, 0.4) is 0 Å². The summed E-state index contributed by atoms with van der Waals surface area (Å²) >= 11 is 0. The Labute approximate surface area is 212 Å². The third-order valence-corrected chi connectivity index (χ3v) is 8.99. The van der Waals surface area contributed by atoms with E-state index >= 15 is 0 Å². The minimum Gasteiger partial charge on any atom is -0.378 e. The maximum absolute atomic E-state index is 6.34. The van der Waals surface area contributed by atoms with E-state index in [9.17, 15) is 0 Å². The van der Waals surface area contributed by atoms with Crippen LogP contribution >= 0.6 is 0 Å². The van der Waals surface area contributed by atoms with Gasteiger partial charge in [-0.25, -0.2) is 0 Å². The van der Waals surface area contributed by atoms with Gasteiger partial charge in [0, 0.05) is 6.61 Å². The molecule has 0 spiro atoms. The first-order valence-corrected chi connectivity index (χ1v) is 15.5. The maximum Gasteiger partial charge on any atom is 0.0575 e. The van der Waals surface area contributed by atoms with E-state index < -0.39 is 0 Å². The second-order valence-electron chi connectivity index (χ2n) is 11.8. The first kappa shape index (κ1) is 27.8. The van der Waals surface area contributed by atoms with E-state index in [1.54, 1.807) is 5.56 Å². The van der Waals surface area contributed by atoms with E-state index in [0.717, 1.165) is 24.4 Å². The molecule has 2 aliphatic rings. The van der Waals surface area contributed by atoms with Gasteiger partial charge in [0.15, 0.2) is 0 Å². The Morgan fingerprint density at radius 2 is 1.21 bits per heavy atom. The van der Waals surface area contributed by atoms with Crippen LogP contribution in [0.1, 0.15) is 153 Å². The highest BCUT2D eigenvalue weighted by Gasteiger charge is 2.24. The number of aryl methyl sites for hydroxylation is 1. The fourth-order valence-corrected chi connectivity index (χ4v) is 6.57. The van der Waals surface area contributed by atoms with Crippen molar-refractivity contribution in [1.82, 2.24) is 0 Å². The highest BCUT2D eigenvalue weighted by molar-refractivity contribution is 5.26. The lowest BCUT2D eigenvalue weighted by Crippen LogP contribution is -2.21. The summed E-state index contributed by atoms with van der Waals surface area (Å²) in [6, 6.07) is 9.59. The molecule has 0 radical (unpaired) electrons. The van der Waals surface area contributed by atoms with E-state index in [4.69, 9.17) is 4.74 Å². The summed E-state index contributed by atoms with van der Waals surface area (Å²) in [6.45, 7) is 5.59. The topological polar surface area (TPSA) is 9.23 Å². The largest absolute Gasteiger partial charge is 0.378 e. The van der Waals surface area contributed by atoms with E-state index in [1.165, 1.54) is 134 Å². The van der Waals surface area contributed by atoms with Gasteiger partial charge in [-0.05, 0) is 80.2 Å². The number of benzene rings is 1. The lowest BCUT2D eigenvalue weighted by molar-refractivity contribution is 0.0204. The average Bonchev–Trinajstić information content (AvgIpc) is 2.88. The molecule has 2 saturated carbocycles. The summed E-state index contributed by atoms with van der Waals surface area (Å²) < 4.78 is 6.34. The zero-order valence-corrected chi connectivity index (χ0v) is 22.9. The predicted octanol–water partition coefficient (Wildman–Crippen LogP) is 10.4. The van der Waals surface area contributed by atoms with Crippen molar-refractivity contribution >= 4 is 0 Å². The minimum absolute atomic E-state index is 0.521. The first-order valence-electron chi connectivity index (χ1n) is 15.5. The lowest BCUT2D eigenvalue weighted by atomic mass is 9.78. The first-order chi connectivity index (χ1) is 16.8. The minimum atomic E-state index is 0.521. The van der Waals surface area contributed by atoms with Crippen LogP contribution in [0.15, 0.2) is 24.3 Å². The quantitative estimate of drug-likeness (QED) is 0.219. The molecule has 194 valence electrons. The lowest BCUT2D eigenvalue weighted by Gasteiger charge is -2.30. The van der Waals surface area contributed by atoms with E-state index in [-0.39, 0.29) is 0 Å². The van der Waals surface area contributed by atoms with Gasteiger partial charge in [-0.1, -0.05) is 115 Å². The summed E-state index contributed by atoms with van der Waals surface area (Å²) in [6.07, 6.45) is 28.3. The molecule has 1 nitrogen and oxygen atoms in total. The van der Waals surface area contributed by atoms with Crippen LogP contribution in [0.4, 0.5) is 0 Å². The molecule has 1 aromatic carbocycles. The Balaban J connectivity index is 1.20. The van der Waals surface area contributed by atoms with Gasteiger partial charge in [-0.15, -0.1) is 0 Å². The molecule has 2 aliphatic carbocycles. The summed E-state index contributed by atoms with van der Waals surface area (Å²) in [5.74, 6) is 2.79. The second kappa shape index (κ2) is 16.8. The molecular formula is C33H56O. The average molecular weight is 469 g/mol. The fourth-order valence-electron chi connectivity index (χ4n) is 6.57. The van der Waals surface area contributed by atoms with Gasteiger partial charge >= 0.3 is 0 Å². The van der Waals surface area contributed by atoms with Crippen molar-refractivity contribution in [3.05, 3.63) is 35.4 Å². The van der Waals surface area contributed by atoms with Crippen LogP contribution in [0.2, 0.25) is 0 Å². The summed E-state index contributed by atoms with van der Waals surface area (Å²) in [4.78, 5) is 0. The number of hydrogen-bond donors (Lipinski definition) is 0. The molecule has 0 heterocycles. The summed E-state index contributed by atoms with van der Waals surface area (Å²) in [7, 11) is 0. The number of rotatable bonds is 16. The SMILES string of the molecule is CCCCCCCC1CCC(CCCOC2CCC(c3ccc(CCCCC)cc3)CC2)CC1. The fraction of sp³-hybridized carbons (Fsp3) is 0.818. The molecule has 2 fully saturated rings. The second-order valence-corrected chi connectivity index (χ2v) is 11.8. The zero-order valence-electron chi connectivity index (χ0n) is 22.9. The van der Waals surface area contributed by atoms with Gasteiger partial charge in [0.2, 0.25) is 0 Å². The Morgan fingerprint density at radius 3 is 1.85 bits per heavy atom. The van der Waals surface area contributed by atoms with Crippen LogP contribution in [-0.4, -0.2) is 12.7 Å². The van der Waals surface area contributed by atoms with E-state index in [0.29, 0.717) is 6.10 Å². The predicted molar refractivity (Wildman–Crippen MR) is 149 cm³/mol. The van der Waals surface area contributed by atoms with Crippen LogP contribution in [0.25, 0.3) is 0 Å². The Hall–Kier alpha value is -0.820. The molecule has 0 saturated heterocycles. The number of hydrogen-bond acceptors (Lipinski definition) is 1. The van der Waals surface area contributed by atoms with Gasteiger partial charge in [0.25, 0.3) is 0 Å². The van der Waals surface area contributed by atoms with Crippen molar-refractivity contribution < 1.29 is 4.74 Å². The molecule has 0 N–H and O–H groups in total. The Kier molecular flexibility index (Phi) is 13.7. The highest BCUT2D eigenvalue weighted by atomic mass is 16.5. The maximum atomic E-state index is 6.34. The van der Waals surface area contributed by atoms with Crippen molar-refractivity contribution in [3.8, 4) is 0 Å². The van der Waals surface area contributed by atoms with Crippen LogP contribution < -0.4 is 0 Å². The molecule has 0 aliphatic heterocycles. The standard InChI is InChI=1S/C33H56O/c1-3-5-7-8-10-13-28-15-17-30(18-16-28)14-11-27-34-33-25-23-32(24-26-33)31-21-19-29(20-22-31)12-9-6-4-2/h19-22,28,30,32-33H,3-18,23-27H2,1-2H3. The smallest absolute Gasteiger partial charge is 0.0575 e. The third kappa shape index (κ3) is 10.4. The highest BCUT2D eigenvalue weighted by Crippen LogP contribution is 2.36. The van der Waals surface area contributed by atoms with Crippen LogP contribution in [-0.2, 0) is 11.2 Å². The van der Waals surface area contributed by atoms with Crippen molar-refractivity contribution in [1.29, 1.82) is 0 Å². The van der Waals surface area contributed by atoms with Gasteiger partial charge < -0.3 is 4.74 Å². The van der Waals surface area contributed by atoms with Gasteiger partial charge in [-0.2, -0.15) is 0 Å². The van der Waals surface area contributed by atoms with Crippen molar-refractivity contribution in [3.63, 3.8) is 0 Å². The molecular weight excluding hydrogens is 412 g/mol. The van der Waals surface area contributed by atoms with Crippen LogP contribution in [0.5, 0.6) is 0 Å². The zero-order chi connectivity index (χ0) is 23.8. The summed E-state index contributed by atoms with van der Waals surface area (Å²) in [5.41, 5.74) is 3.08. The number of ether oxygens (including phenoxy) is 1. The monoisotopic (exact) mass is 468 g/mol. The molecule has 3 rings (SSSR count). The van der Waals surface area contributed by atoms with E-state index in [2.05, 4.69) is 38.1 Å². The van der Waals surface area contributed by atoms with Crippen molar-refractivity contribution in [2.75, 3.05) is 6.61 Å². The molecule has 1 heteroatoms. The molecule has 34 heavy (non-hydrogen) atoms.